The summed E-state index contributed by atoms with van der Waals surface area (Å²) in [5.74, 6) is -2.81. The second kappa shape index (κ2) is 11.1. The van der Waals surface area contributed by atoms with Crippen molar-refractivity contribution in [2.45, 2.75) is 38.7 Å². The molecule has 1 unspecified atom stereocenters. The normalized spacial score (nSPS) is 16.5. The molecule has 0 amide bonds. The molecule has 7 heteroatoms. The topological polar surface area (TPSA) is 111 Å². The van der Waals surface area contributed by atoms with Crippen LogP contribution >= 0.6 is 0 Å². The summed E-state index contributed by atoms with van der Waals surface area (Å²) < 4.78 is 6.04. The number of carbonyl (C=O) groups is 2. The Morgan fingerprint density at radius 1 is 1.03 bits per heavy atom. The van der Waals surface area contributed by atoms with Crippen molar-refractivity contribution in [2.24, 2.45) is 0 Å². The molecule has 1 aliphatic rings. The van der Waals surface area contributed by atoms with Crippen LogP contribution in [0.15, 0.2) is 48.5 Å². The highest BCUT2D eigenvalue weighted by Gasteiger charge is 2.40. The average Bonchev–Trinajstić information content (AvgIpc) is 2.92. The van der Waals surface area contributed by atoms with E-state index in [1.54, 1.807) is 0 Å². The molecule has 2 aromatic carbocycles. The van der Waals surface area contributed by atoms with Crippen LogP contribution in [0.1, 0.15) is 43.4 Å². The molecule has 0 spiro atoms. The third-order valence-electron chi connectivity index (χ3n) is 5.50. The standard InChI is InChI=1S/C22H26N2O.C2H2O4/c1-3-24(4-2)15-9-14-22(17-23)19-11-6-5-10-18(19)16-25-21-13-8-7-12-20(21)22;3-1(4)2(5)6/h5-8,10-13H,3-4,9,14-16H2,1-2H3;(H,3,4)(H,5,6). The van der Waals surface area contributed by atoms with Gasteiger partial charge >= 0.3 is 11.9 Å². The number of nitriles is 1. The molecule has 0 aliphatic carbocycles. The Morgan fingerprint density at radius 3 is 2.19 bits per heavy atom. The van der Waals surface area contributed by atoms with E-state index in [9.17, 15) is 5.26 Å². The van der Waals surface area contributed by atoms with Crippen molar-refractivity contribution in [3.63, 3.8) is 0 Å². The number of nitrogens with zero attached hydrogens (tertiary/aromatic N) is 2. The maximum Gasteiger partial charge on any atom is 0.414 e. The number of benzene rings is 2. The Hall–Kier alpha value is -3.37. The van der Waals surface area contributed by atoms with E-state index in [0.717, 1.165) is 54.9 Å². The van der Waals surface area contributed by atoms with Crippen LogP contribution in [-0.2, 0) is 21.6 Å². The predicted molar refractivity (Wildman–Crippen MR) is 116 cm³/mol. The fraction of sp³-hybridized carbons (Fsp3) is 0.375. The van der Waals surface area contributed by atoms with E-state index in [1.165, 1.54) is 0 Å². The molecule has 0 saturated heterocycles. The van der Waals surface area contributed by atoms with Gasteiger partial charge in [-0.1, -0.05) is 56.3 Å². The van der Waals surface area contributed by atoms with E-state index < -0.39 is 17.4 Å². The lowest BCUT2D eigenvalue weighted by molar-refractivity contribution is -0.159. The average molecular weight is 424 g/mol. The number of fused-ring (bicyclic) bond motifs is 2. The third kappa shape index (κ3) is 5.62. The maximum atomic E-state index is 10.3. The van der Waals surface area contributed by atoms with E-state index in [2.05, 4.69) is 43.0 Å². The lowest BCUT2D eigenvalue weighted by Crippen LogP contribution is -2.30. The van der Waals surface area contributed by atoms with Gasteiger partial charge in [0.05, 0.1) is 6.07 Å². The fourth-order valence-corrected chi connectivity index (χ4v) is 3.86. The Morgan fingerprint density at radius 2 is 1.61 bits per heavy atom. The number of para-hydroxylation sites is 1. The van der Waals surface area contributed by atoms with Gasteiger partial charge in [0.2, 0.25) is 0 Å². The molecule has 164 valence electrons. The van der Waals surface area contributed by atoms with Crippen molar-refractivity contribution < 1.29 is 24.5 Å². The first-order valence-corrected chi connectivity index (χ1v) is 10.3. The van der Waals surface area contributed by atoms with Crippen LogP contribution in [-0.4, -0.2) is 46.7 Å². The third-order valence-corrected chi connectivity index (χ3v) is 5.50. The summed E-state index contributed by atoms with van der Waals surface area (Å²) in [6.45, 7) is 8.01. The van der Waals surface area contributed by atoms with Crippen LogP contribution in [0.3, 0.4) is 0 Å². The largest absolute Gasteiger partial charge is 0.489 e. The fourth-order valence-electron chi connectivity index (χ4n) is 3.86. The zero-order valence-corrected chi connectivity index (χ0v) is 17.9. The predicted octanol–water partition coefficient (Wildman–Crippen LogP) is 3.67. The lowest BCUT2D eigenvalue weighted by atomic mass is 9.71. The summed E-state index contributed by atoms with van der Waals surface area (Å²) in [7, 11) is 0. The van der Waals surface area contributed by atoms with Crippen LogP contribution in [0.5, 0.6) is 5.75 Å². The highest BCUT2D eigenvalue weighted by molar-refractivity contribution is 6.27. The second-order valence-corrected chi connectivity index (χ2v) is 7.20. The van der Waals surface area contributed by atoms with Crippen molar-refractivity contribution in [2.75, 3.05) is 19.6 Å². The molecule has 0 radical (unpaired) electrons. The Balaban J connectivity index is 0.000000501. The van der Waals surface area contributed by atoms with Gasteiger partial charge in [-0.2, -0.15) is 5.26 Å². The Kier molecular flexibility index (Phi) is 8.59. The van der Waals surface area contributed by atoms with Crippen molar-refractivity contribution in [1.82, 2.24) is 4.90 Å². The molecule has 31 heavy (non-hydrogen) atoms. The van der Waals surface area contributed by atoms with E-state index in [4.69, 9.17) is 24.5 Å². The molecule has 3 rings (SSSR count). The van der Waals surface area contributed by atoms with Gasteiger partial charge in [0.15, 0.2) is 0 Å². The summed E-state index contributed by atoms with van der Waals surface area (Å²) in [4.78, 5) is 20.6. The van der Waals surface area contributed by atoms with E-state index in [1.807, 2.05) is 30.3 Å². The number of hydrogen-bond donors (Lipinski definition) is 2. The maximum absolute atomic E-state index is 10.3. The van der Waals surface area contributed by atoms with E-state index >= 15 is 0 Å². The molecule has 2 aromatic rings. The molecule has 0 fully saturated rings. The number of carboxylic acids is 2. The molecule has 0 bridgehead atoms. The zero-order valence-electron chi connectivity index (χ0n) is 17.9. The summed E-state index contributed by atoms with van der Waals surface area (Å²) in [6.07, 6.45) is 1.79. The highest BCUT2D eigenvalue weighted by Crippen LogP contribution is 2.44. The zero-order chi connectivity index (χ0) is 22.9. The highest BCUT2D eigenvalue weighted by atomic mass is 16.5. The molecule has 1 aliphatic heterocycles. The van der Waals surface area contributed by atoms with Crippen molar-refractivity contribution >= 4 is 11.9 Å². The minimum atomic E-state index is -1.82. The number of ether oxygens (including phenoxy) is 1. The van der Waals surface area contributed by atoms with E-state index in [-0.39, 0.29) is 0 Å². The number of hydrogen-bond acceptors (Lipinski definition) is 5. The smallest absolute Gasteiger partial charge is 0.414 e. The molecular formula is C24H28N2O5. The van der Waals surface area contributed by atoms with Gasteiger partial charge in [-0.15, -0.1) is 0 Å². The quantitative estimate of drug-likeness (QED) is 0.681. The monoisotopic (exact) mass is 424 g/mol. The first-order valence-electron chi connectivity index (χ1n) is 10.3. The van der Waals surface area contributed by atoms with Crippen LogP contribution in [0.25, 0.3) is 0 Å². The minimum Gasteiger partial charge on any atom is -0.489 e. The summed E-state index contributed by atoms with van der Waals surface area (Å²) >= 11 is 0. The molecule has 2 N–H and O–H groups in total. The molecule has 0 saturated carbocycles. The molecular weight excluding hydrogens is 396 g/mol. The van der Waals surface area contributed by atoms with Gasteiger partial charge in [0, 0.05) is 5.56 Å². The minimum absolute atomic E-state index is 0.520. The molecule has 1 atom stereocenters. The van der Waals surface area contributed by atoms with Gasteiger partial charge in [-0.3, -0.25) is 0 Å². The second-order valence-electron chi connectivity index (χ2n) is 7.20. The van der Waals surface area contributed by atoms with E-state index in [0.29, 0.717) is 6.61 Å². The number of rotatable bonds is 6. The lowest BCUT2D eigenvalue weighted by Gasteiger charge is -2.29. The first kappa shape index (κ1) is 23.9. The summed E-state index contributed by atoms with van der Waals surface area (Å²) in [5.41, 5.74) is 2.57. The summed E-state index contributed by atoms with van der Waals surface area (Å²) in [6, 6.07) is 18.9. The Labute approximate surface area is 182 Å². The van der Waals surface area contributed by atoms with Gasteiger partial charge in [-0.25, -0.2) is 9.59 Å². The summed E-state index contributed by atoms with van der Waals surface area (Å²) in [5, 5.41) is 25.1. The number of aliphatic carboxylic acids is 2. The Bertz CT molecular complexity index is 887. The molecule has 7 nitrogen and oxygen atoms in total. The SMILES string of the molecule is CCN(CC)CCCC1(C#N)c2ccccc2COc2ccccc21.O=C(O)C(=O)O. The van der Waals surface area contributed by atoms with Crippen LogP contribution < -0.4 is 4.74 Å². The van der Waals surface area contributed by atoms with Crippen molar-refractivity contribution in [3.8, 4) is 11.8 Å². The van der Waals surface area contributed by atoms with Crippen molar-refractivity contribution in [3.05, 3.63) is 65.2 Å². The molecule has 0 aromatic heterocycles. The van der Waals surface area contributed by atoms with Crippen molar-refractivity contribution in [1.29, 1.82) is 5.26 Å². The van der Waals surface area contributed by atoms with Crippen LogP contribution in [0.2, 0.25) is 0 Å². The van der Waals surface area contributed by atoms with Gasteiger partial charge in [0.1, 0.15) is 17.8 Å². The van der Waals surface area contributed by atoms with Gasteiger partial charge in [0.25, 0.3) is 0 Å². The number of carboxylic acid groups (broad SMARTS) is 2. The van der Waals surface area contributed by atoms with Crippen LogP contribution in [0, 0.1) is 11.3 Å². The molecule has 1 heterocycles. The van der Waals surface area contributed by atoms with Gasteiger partial charge < -0.3 is 19.8 Å². The van der Waals surface area contributed by atoms with Crippen LogP contribution in [0.4, 0.5) is 0 Å². The van der Waals surface area contributed by atoms with Gasteiger partial charge in [-0.05, 0) is 49.7 Å². The first-order chi connectivity index (χ1) is 14.9.